The summed E-state index contributed by atoms with van der Waals surface area (Å²) in [7, 11) is 0. The number of hydrazine groups is 1. The highest BCUT2D eigenvalue weighted by Crippen LogP contribution is 2.42. The summed E-state index contributed by atoms with van der Waals surface area (Å²) in [6.07, 6.45) is -2.66. The van der Waals surface area contributed by atoms with Crippen molar-refractivity contribution in [2.45, 2.75) is 44.9 Å². The Morgan fingerprint density at radius 2 is 1.95 bits per heavy atom. The first-order valence-electron chi connectivity index (χ1n) is 13.1. The van der Waals surface area contributed by atoms with E-state index in [9.17, 15) is 41.9 Å². The van der Waals surface area contributed by atoms with E-state index in [1.165, 1.54) is 29.4 Å². The number of hydrogen-bond donors (Lipinski definition) is 2. The standard InChI is InChI=1S/C30H24F5N5O3/c1-16-18(13-36)11-19(14-37-16)21-12-20(30(33,34)35)7-8-23(21)38-27(42)24-26(41)29(2)9-4-10-40(29)39(28(24)43)15-17-5-3-6-22(31)25(17)32/h3,5-8,11-12,14,41H,4,9-10,15H2,1-2H3,(H,38,42)/t29-/m1/s1. The van der Waals surface area contributed by atoms with Gasteiger partial charge in [-0.15, -0.1) is 0 Å². The molecule has 1 fully saturated rings. The van der Waals surface area contributed by atoms with Crippen molar-refractivity contribution in [3.63, 3.8) is 0 Å². The van der Waals surface area contributed by atoms with E-state index in [-0.39, 0.29) is 34.5 Å². The van der Waals surface area contributed by atoms with Gasteiger partial charge in [-0.05, 0) is 57.0 Å². The normalized spacial score (nSPS) is 18.9. The Balaban J connectivity index is 1.57. The second-order valence-electron chi connectivity index (χ2n) is 10.5. The van der Waals surface area contributed by atoms with Crippen molar-refractivity contribution in [1.29, 1.82) is 5.26 Å². The lowest BCUT2D eigenvalue weighted by atomic mass is 9.90. The zero-order valence-corrected chi connectivity index (χ0v) is 22.9. The van der Waals surface area contributed by atoms with Crippen molar-refractivity contribution in [2.75, 3.05) is 11.9 Å². The van der Waals surface area contributed by atoms with Gasteiger partial charge in [-0.3, -0.25) is 19.6 Å². The number of aromatic nitrogens is 1. The van der Waals surface area contributed by atoms with Crippen molar-refractivity contribution in [3.05, 3.63) is 94.0 Å². The first-order valence-corrected chi connectivity index (χ1v) is 13.1. The average Bonchev–Trinajstić information content (AvgIpc) is 3.36. The van der Waals surface area contributed by atoms with Gasteiger partial charge in [0.25, 0.3) is 11.8 Å². The van der Waals surface area contributed by atoms with E-state index < -0.39 is 58.6 Å². The predicted molar refractivity (Wildman–Crippen MR) is 144 cm³/mol. The molecule has 1 atom stereocenters. The van der Waals surface area contributed by atoms with Crippen LogP contribution in [-0.2, 0) is 22.3 Å². The van der Waals surface area contributed by atoms with E-state index >= 15 is 0 Å². The third-order valence-electron chi connectivity index (χ3n) is 7.78. The summed E-state index contributed by atoms with van der Waals surface area (Å²) in [4.78, 5) is 31.4. The van der Waals surface area contributed by atoms with E-state index in [4.69, 9.17) is 0 Å². The highest BCUT2D eigenvalue weighted by Gasteiger charge is 2.52. The number of alkyl halides is 3. The van der Waals surface area contributed by atoms with Crippen LogP contribution in [0.2, 0.25) is 0 Å². The van der Waals surface area contributed by atoms with Gasteiger partial charge in [-0.2, -0.15) is 18.4 Å². The van der Waals surface area contributed by atoms with E-state index in [0.717, 1.165) is 29.3 Å². The summed E-state index contributed by atoms with van der Waals surface area (Å²) >= 11 is 0. The second kappa shape index (κ2) is 10.8. The molecule has 2 N–H and O–H groups in total. The van der Waals surface area contributed by atoms with Gasteiger partial charge < -0.3 is 10.4 Å². The largest absolute Gasteiger partial charge is 0.509 e. The van der Waals surface area contributed by atoms with Crippen molar-refractivity contribution in [2.24, 2.45) is 0 Å². The molecule has 222 valence electrons. The molecular weight excluding hydrogens is 573 g/mol. The number of carbonyl (C=O) groups excluding carboxylic acids is 2. The second-order valence-corrected chi connectivity index (χ2v) is 10.5. The maximum atomic E-state index is 14.6. The summed E-state index contributed by atoms with van der Waals surface area (Å²) < 4.78 is 69.4. The Hall–Kier alpha value is -4.83. The molecule has 0 saturated carbocycles. The number of rotatable bonds is 5. The smallest absolute Gasteiger partial charge is 0.416 e. The molecule has 1 saturated heterocycles. The van der Waals surface area contributed by atoms with Gasteiger partial charge in [-0.1, -0.05) is 12.1 Å². The fourth-order valence-electron chi connectivity index (χ4n) is 5.43. The minimum atomic E-state index is -4.74. The highest BCUT2D eigenvalue weighted by molar-refractivity contribution is 6.24. The number of nitrogens with one attached hydrogen (secondary N) is 1. The van der Waals surface area contributed by atoms with Crippen LogP contribution in [0.25, 0.3) is 11.1 Å². The number of fused-ring (bicyclic) bond motifs is 1. The molecule has 3 aromatic rings. The quantitative estimate of drug-likeness (QED) is 0.285. The monoisotopic (exact) mass is 597 g/mol. The minimum Gasteiger partial charge on any atom is -0.509 e. The summed E-state index contributed by atoms with van der Waals surface area (Å²) in [6, 6.07) is 9.23. The number of halogens is 5. The lowest BCUT2D eigenvalue weighted by molar-refractivity contribution is -0.160. The van der Waals surface area contributed by atoms with E-state index in [1.807, 2.05) is 6.07 Å². The SMILES string of the molecule is Cc1ncc(-c2cc(C(F)(F)F)ccc2NC(=O)C2=C(O)[C@@]3(C)CCCN3N(Cc3cccc(F)c3F)C2=O)cc1C#N. The van der Waals surface area contributed by atoms with Crippen molar-refractivity contribution in [3.8, 4) is 17.2 Å². The summed E-state index contributed by atoms with van der Waals surface area (Å²) in [5, 5.41) is 25.7. The number of hydrogen-bond acceptors (Lipinski definition) is 6. The molecule has 0 radical (unpaired) electrons. The van der Waals surface area contributed by atoms with E-state index in [1.54, 1.807) is 13.8 Å². The van der Waals surface area contributed by atoms with Crippen LogP contribution in [0.15, 0.2) is 60.0 Å². The summed E-state index contributed by atoms with van der Waals surface area (Å²) in [6.45, 7) is 2.98. The maximum absolute atomic E-state index is 14.6. The molecule has 2 amide bonds. The van der Waals surface area contributed by atoms with Crippen LogP contribution >= 0.6 is 0 Å². The third kappa shape index (κ3) is 5.18. The number of amides is 2. The number of nitrogens with zero attached hydrogens (tertiary/aromatic N) is 4. The summed E-state index contributed by atoms with van der Waals surface area (Å²) in [5.74, 6) is -4.97. The molecule has 2 aliphatic rings. The Bertz CT molecular complexity index is 1730. The van der Waals surface area contributed by atoms with Crippen LogP contribution in [0, 0.1) is 29.9 Å². The van der Waals surface area contributed by atoms with E-state index in [2.05, 4.69) is 10.3 Å². The molecule has 0 aliphatic carbocycles. The van der Waals surface area contributed by atoms with Gasteiger partial charge in [0.05, 0.1) is 28.9 Å². The minimum absolute atomic E-state index is 0.0915. The lowest BCUT2D eigenvalue weighted by Gasteiger charge is -2.46. The maximum Gasteiger partial charge on any atom is 0.416 e. The van der Waals surface area contributed by atoms with Gasteiger partial charge in [0.1, 0.15) is 17.4 Å². The van der Waals surface area contributed by atoms with Crippen molar-refractivity contribution >= 4 is 17.5 Å². The van der Waals surface area contributed by atoms with Crippen LogP contribution in [-0.4, -0.2) is 44.0 Å². The van der Waals surface area contributed by atoms with Gasteiger partial charge in [0.2, 0.25) is 0 Å². The zero-order chi connectivity index (χ0) is 31.3. The number of pyridine rings is 1. The fraction of sp³-hybridized carbons (Fsp3) is 0.267. The number of aliphatic hydroxyl groups is 1. The van der Waals surface area contributed by atoms with Gasteiger partial charge in [-0.25, -0.2) is 13.8 Å². The molecular formula is C30H24F5N5O3. The third-order valence-corrected chi connectivity index (χ3v) is 7.78. The van der Waals surface area contributed by atoms with Crippen LogP contribution in [0.3, 0.4) is 0 Å². The molecule has 0 bridgehead atoms. The number of anilines is 1. The molecule has 3 heterocycles. The molecule has 1 aromatic heterocycles. The highest BCUT2D eigenvalue weighted by atomic mass is 19.4. The topological polar surface area (TPSA) is 110 Å². The number of carbonyl (C=O) groups is 2. The predicted octanol–water partition coefficient (Wildman–Crippen LogP) is 5.79. The Kier molecular flexibility index (Phi) is 7.43. The Labute approximate surface area is 242 Å². The van der Waals surface area contributed by atoms with Crippen molar-refractivity contribution < 1.29 is 36.6 Å². The molecule has 5 rings (SSSR count). The Morgan fingerprint density at radius 3 is 2.65 bits per heavy atom. The zero-order valence-electron chi connectivity index (χ0n) is 22.9. The number of benzene rings is 2. The first kappa shape index (κ1) is 29.7. The first-order chi connectivity index (χ1) is 20.3. The van der Waals surface area contributed by atoms with Crippen molar-refractivity contribution in [1.82, 2.24) is 15.0 Å². The average molecular weight is 598 g/mol. The molecule has 0 unspecified atom stereocenters. The van der Waals surface area contributed by atoms with Crippen LogP contribution in [0.5, 0.6) is 0 Å². The van der Waals surface area contributed by atoms with Gasteiger partial charge >= 0.3 is 6.18 Å². The number of aryl methyl sites for hydroxylation is 1. The fourth-order valence-corrected chi connectivity index (χ4v) is 5.43. The molecule has 8 nitrogen and oxygen atoms in total. The van der Waals surface area contributed by atoms with Gasteiger partial charge in [0, 0.05) is 35.1 Å². The number of aliphatic hydroxyl groups excluding tert-OH is 1. The number of nitriles is 1. The van der Waals surface area contributed by atoms with Crippen LogP contribution < -0.4 is 5.32 Å². The molecule has 0 spiro atoms. The Morgan fingerprint density at radius 1 is 1.21 bits per heavy atom. The van der Waals surface area contributed by atoms with E-state index in [0.29, 0.717) is 18.5 Å². The van der Waals surface area contributed by atoms with Gasteiger partial charge in [0.15, 0.2) is 11.6 Å². The van der Waals surface area contributed by atoms with Crippen LogP contribution in [0.1, 0.15) is 42.1 Å². The molecule has 2 aliphatic heterocycles. The molecule has 13 heteroatoms. The summed E-state index contributed by atoms with van der Waals surface area (Å²) in [5.41, 5.74) is -2.88. The molecule has 43 heavy (non-hydrogen) atoms. The van der Waals surface area contributed by atoms with Crippen LogP contribution in [0.4, 0.5) is 27.6 Å². The molecule has 2 aromatic carbocycles. The lowest BCUT2D eigenvalue weighted by Crippen LogP contribution is -2.60.